The van der Waals surface area contributed by atoms with Gasteiger partial charge in [-0.05, 0) is 74.9 Å². The van der Waals surface area contributed by atoms with Crippen molar-refractivity contribution in [1.82, 2.24) is 4.98 Å². The zero-order valence-electron chi connectivity index (χ0n) is 18.0. The van der Waals surface area contributed by atoms with Crippen molar-refractivity contribution in [2.75, 3.05) is 16.8 Å². The Balaban J connectivity index is 1.67. The van der Waals surface area contributed by atoms with Gasteiger partial charge in [-0.1, -0.05) is 12.1 Å². The van der Waals surface area contributed by atoms with Gasteiger partial charge in [0.05, 0.1) is 11.7 Å². The first-order valence-corrected chi connectivity index (χ1v) is 10.3. The SMILES string of the molecule is Cc1ccc(C(=O)Nc2ccc(N(C=O)CCc3ccccn3)cc2)c(OC(C)C)c1. The smallest absolute Gasteiger partial charge is 0.259 e. The van der Waals surface area contributed by atoms with Crippen molar-refractivity contribution >= 4 is 23.7 Å². The predicted octanol–water partition coefficient (Wildman–Crippen LogP) is 4.64. The fraction of sp³-hybridized carbons (Fsp3) is 0.240. The molecule has 2 aromatic carbocycles. The van der Waals surface area contributed by atoms with Crippen molar-refractivity contribution in [3.63, 3.8) is 0 Å². The van der Waals surface area contributed by atoms with Gasteiger partial charge >= 0.3 is 0 Å². The molecule has 1 heterocycles. The minimum atomic E-state index is -0.245. The van der Waals surface area contributed by atoms with Crippen LogP contribution in [0.15, 0.2) is 66.9 Å². The summed E-state index contributed by atoms with van der Waals surface area (Å²) in [6.45, 7) is 6.33. The molecule has 3 rings (SSSR count). The predicted molar refractivity (Wildman–Crippen MR) is 123 cm³/mol. The lowest BCUT2D eigenvalue weighted by atomic mass is 10.1. The molecule has 2 amide bonds. The molecule has 0 saturated heterocycles. The Hall–Kier alpha value is -3.67. The van der Waals surface area contributed by atoms with Crippen LogP contribution in [0.3, 0.4) is 0 Å². The molecule has 0 saturated carbocycles. The van der Waals surface area contributed by atoms with Gasteiger partial charge in [0.15, 0.2) is 0 Å². The van der Waals surface area contributed by atoms with E-state index in [1.54, 1.807) is 29.3 Å². The highest BCUT2D eigenvalue weighted by Crippen LogP contribution is 2.24. The summed E-state index contributed by atoms with van der Waals surface area (Å²) in [6, 6.07) is 18.4. The third-order valence-electron chi connectivity index (χ3n) is 4.66. The van der Waals surface area contributed by atoms with Gasteiger partial charge in [0.25, 0.3) is 5.91 Å². The van der Waals surface area contributed by atoms with E-state index in [4.69, 9.17) is 4.74 Å². The number of aryl methyl sites for hydroxylation is 1. The van der Waals surface area contributed by atoms with Crippen LogP contribution in [-0.4, -0.2) is 29.9 Å². The molecule has 31 heavy (non-hydrogen) atoms. The number of hydrogen-bond acceptors (Lipinski definition) is 4. The Morgan fingerprint density at radius 1 is 1.13 bits per heavy atom. The van der Waals surface area contributed by atoms with Crippen molar-refractivity contribution in [2.24, 2.45) is 0 Å². The maximum atomic E-state index is 12.8. The Morgan fingerprint density at radius 3 is 2.55 bits per heavy atom. The summed E-state index contributed by atoms with van der Waals surface area (Å²) in [7, 11) is 0. The van der Waals surface area contributed by atoms with E-state index >= 15 is 0 Å². The Bertz CT molecular complexity index is 1020. The van der Waals surface area contributed by atoms with E-state index in [1.165, 1.54) is 0 Å². The van der Waals surface area contributed by atoms with Gasteiger partial charge in [0.2, 0.25) is 6.41 Å². The topological polar surface area (TPSA) is 71.5 Å². The summed E-state index contributed by atoms with van der Waals surface area (Å²) in [6.07, 6.45) is 3.17. The second-order valence-electron chi connectivity index (χ2n) is 7.54. The van der Waals surface area contributed by atoms with Crippen LogP contribution in [0.4, 0.5) is 11.4 Å². The number of amides is 2. The summed E-state index contributed by atoms with van der Waals surface area (Å²) in [4.78, 5) is 30.3. The van der Waals surface area contributed by atoms with E-state index in [0.29, 0.717) is 30.0 Å². The fourth-order valence-electron chi connectivity index (χ4n) is 3.13. The number of carbonyl (C=O) groups excluding carboxylic acids is 2. The van der Waals surface area contributed by atoms with E-state index in [9.17, 15) is 9.59 Å². The largest absolute Gasteiger partial charge is 0.490 e. The van der Waals surface area contributed by atoms with Crippen LogP contribution >= 0.6 is 0 Å². The number of carbonyl (C=O) groups is 2. The molecular formula is C25H27N3O3. The van der Waals surface area contributed by atoms with Crippen molar-refractivity contribution in [3.8, 4) is 5.75 Å². The molecule has 0 bridgehead atoms. The lowest BCUT2D eigenvalue weighted by Gasteiger charge is -2.18. The molecule has 6 heteroatoms. The van der Waals surface area contributed by atoms with E-state index < -0.39 is 0 Å². The van der Waals surface area contributed by atoms with Crippen LogP contribution in [0, 0.1) is 6.92 Å². The molecule has 6 nitrogen and oxygen atoms in total. The monoisotopic (exact) mass is 417 g/mol. The second kappa shape index (κ2) is 10.4. The quantitative estimate of drug-likeness (QED) is 0.515. The van der Waals surface area contributed by atoms with Gasteiger partial charge in [0, 0.05) is 36.2 Å². The van der Waals surface area contributed by atoms with Crippen molar-refractivity contribution in [3.05, 3.63) is 83.7 Å². The Labute approximate surface area is 182 Å². The minimum Gasteiger partial charge on any atom is -0.490 e. The summed E-state index contributed by atoms with van der Waals surface area (Å²) in [5.74, 6) is 0.316. The molecule has 1 aromatic heterocycles. The molecular weight excluding hydrogens is 390 g/mol. The standard InChI is InChI=1S/C25H27N3O3/c1-18(2)31-24-16-19(3)7-12-23(24)25(30)27-21-8-10-22(11-9-21)28(17-29)15-13-20-6-4-5-14-26-20/h4-12,14,16-18H,13,15H2,1-3H3,(H,27,30). The summed E-state index contributed by atoms with van der Waals surface area (Å²) < 4.78 is 5.80. The van der Waals surface area contributed by atoms with Crippen LogP contribution in [0.5, 0.6) is 5.75 Å². The molecule has 0 aliphatic carbocycles. The highest BCUT2D eigenvalue weighted by atomic mass is 16.5. The average Bonchev–Trinajstić information content (AvgIpc) is 2.75. The number of nitrogens with one attached hydrogen (secondary N) is 1. The summed E-state index contributed by atoms with van der Waals surface area (Å²) in [5, 5.41) is 2.90. The molecule has 0 atom stereocenters. The van der Waals surface area contributed by atoms with Crippen LogP contribution < -0.4 is 15.0 Å². The summed E-state index contributed by atoms with van der Waals surface area (Å²) >= 11 is 0. The minimum absolute atomic E-state index is 0.0342. The van der Waals surface area contributed by atoms with Gasteiger partial charge in [-0.25, -0.2) is 0 Å². The first-order chi connectivity index (χ1) is 15.0. The van der Waals surface area contributed by atoms with Crippen LogP contribution in [-0.2, 0) is 11.2 Å². The molecule has 3 aromatic rings. The summed E-state index contributed by atoms with van der Waals surface area (Å²) in [5.41, 5.74) is 3.82. The molecule has 0 unspecified atom stereocenters. The molecule has 0 radical (unpaired) electrons. The molecule has 0 aliphatic rings. The lowest BCUT2D eigenvalue weighted by molar-refractivity contribution is -0.107. The van der Waals surface area contributed by atoms with Gasteiger partial charge < -0.3 is 15.0 Å². The first kappa shape index (κ1) is 22.0. The van der Waals surface area contributed by atoms with Crippen LogP contribution in [0.25, 0.3) is 0 Å². The zero-order chi connectivity index (χ0) is 22.2. The molecule has 0 spiro atoms. The Kier molecular flexibility index (Phi) is 7.38. The third kappa shape index (κ3) is 6.15. The number of aromatic nitrogens is 1. The number of nitrogens with zero attached hydrogens (tertiary/aromatic N) is 2. The van der Waals surface area contributed by atoms with Crippen LogP contribution in [0.2, 0.25) is 0 Å². The number of anilines is 2. The highest BCUT2D eigenvalue weighted by molar-refractivity contribution is 6.06. The van der Waals surface area contributed by atoms with Gasteiger partial charge in [-0.2, -0.15) is 0 Å². The molecule has 0 fully saturated rings. The second-order valence-corrected chi connectivity index (χ2v) is 7.54. The highest BCUT2D eigenvalue weighted by Gasteiger charge is 2.15. The van der Waals surface area contributed by atoms with E-state index in [1.807, 2.05) is 63.2 Å². The maximum Gasteiger partial charge on any atom is 0.259 e. The number of pyridine rings is 1. The van der Waals surface area contributed by atoms with E-state index in [2.05, 4.69) is 10.3 Å². The van der Waals surface area contributed by atoms with Gasteiger partial charge in [-0.15, -0.1) is 0 Å². The first-order valence-electron chi connectivity index (χ1n) is 10.3. The fourth-order valence-corrected chi connectivity index (χ4v) is 3.13. The number of ether oxygens (including phenoxy) is 1. The van der Waals surface area contributed by atoms with Gasteiger partial charge in [0.1, 0.15) is 5.75 Å². The van der Waals surface area contributed by atoms with Crippen LogP contribution in [0.1, 0.15) is 35.5 Å². The molecule has 160 valence electrons. The number of benzene rings is 2. The average molecular weight is 418 g/mol. The van der Waals surface area contributed by atoms with Crippen molar-refractivity contribution < 1.29 is 14.3 Å². The number of hydrogen-bond donors (Lipinski definition) is 1. The van der Waals surface area contributed by atoms with Crippen molar-refractivity contribution in [2.45, 2.75) is 33.3 Å². The maximum absolute atomic E-state index is 12.8. The van der Waals surface area contributed by atoms with Gasteiger partial charge in [-0.3, -0.25) is 14.6 Å². The van der Waals surface area contributed by atoms with E-state index in [-0.39, 0.29) is 12.0 Å². The van der Waals surface area contributed by atoms with Crippen molar-refractivity contribution in [1.29, 1.82) is 0 Å². The third-order valence-corrected chi connectivity index (χ3v) is 4.66. The normalized spacial score (nSPS) is 10.6. The van der Waals surface area contributed by atoms with E-state index in [0.717, 1.165) is 23.4 Å². The Morgan fingerprint density at radius 2 is 1.90 bits per heavy atom. The zero-order valence-corrected chi connectivity index (χ0v) is 18.0. The number of rotatable bonds is 9. The lowest BCUT2D eigenvalue weighted by Crippen LogP contribution is -2.24. The molecule has 1 N–H and O–H groups in total. The molecule has 0 aliphatic heterocycles.